The second-order valence-electron chi connectivity index (χ2n) is 4.99. The Morgan fingerprint density at radius 3 is 2.39 bits per heavy atom. The summed E-state index contributed by atoms with van der Waals surface area (Å²) in [4.78, 5) is 11.7. The number of fused-ring (bicyclic) bond motifs is 1. The number of phenols is 2. The average molecular weight is 250 g/mol. The number of rotatable bonds is 1. The Labute approximate surface area is 106 Å². The molecular formula is C14H18O4. The highest BCUT2D eigenvalue weighted by Crippen LogP contribution is 2.46. The summed E-state index contributed by atoms with van der Waals surface area (Å²) < 4.78 is 5.67. The molecule has 4 heteroatoms. The first kappa shape index (κ1) is 12.9. The number of ether oxygens (including phenoxy) is 1. The molecule has 0 aliphatic carbocycles. The van der Waals surface area contributed by atoms with Crippen LogP contribution in [0, 0.1) is 6.92 Å². The van der Waals surface area contributed by atoms with E-state index in [4.69, 9.17) is 4.74 Å². The fourth-order valence-electron chi connectivity index (χ4n) is 2.59. The number of carbonyl (C=O) groups is 1. The normalized spacial score (nSPS) is 26.8. The smallest absolute Gasteiger partial charge is 0.163 e. The minimum absolute atomic E-state index is 0.0219. The van der Waals surface area contributed by atoms with Gasteiger partial charge in [0.05, 0.1) is 6.10 Å². The molecule has 4 nitrogen and oxygen atoms in total. The van der Waals surface area contributed by atoms with Gasteiger partial charge in [0.2, 0.25) is 0 Å². The van der Waals surface area contributed by atoms with Gasteiger partial charge in [-0.05, 0) is 31.9 Å². The van der Waals surface area contributed by atoms with E-state index in [9.17, 15) is 15.0 Å². The first-order valence-electron chi connectivity index (χ1n) is 6.05. The van der Waals surface area contributed by atoms with Crippen molar-refractivity contribution in [1.29, 1.82) is 0 Å². The van der Waals surface area contributed by atoms with Gasteiger partial charge in [-0.25, -0.2) is 0 Å². The number of benzene rings is 1. The highest BCUT2D eigenvalue weighted by atomic mass is 16.5. The zero-order valence-electron chi connectivity index (χ0n) is 11.0. The van der Waals surface area contributed by atoms with Crippen molar-refractivity contribution < 1.29 is 19.7 Å². The maximum Gasteiger partial charge on any atom is 0.163 e. The highest BCUT2D eigenvalue weighted by Gasteiger charge is 2.37. The molecule has 0 saturated carbocycles. The van der Waals surface area contributed by atoms with Crippen LogP contribution in [0.2, 0.25) is 0 Å². The first-order chi connectivity index (χ1) is 8.34. The zero-order chi connectivity index (χ0) is 13.6. The van der Waals surface area contributed by atoms with E-state index in [0.717, 1.165) is 5.56 Å². The molecular weight excluding hydrogens is 232 g/mol. The lowest BCUT2D eigenvalue weighted by molar-refractivity contribution is -0.134. The Balaban J connectivity index is 2.73. The molecule has 0 fully saturated rings. The van der Waals surface area contributed by atoms with Gasteiger partial charge in [0, 0.05) is 17.5 Å². The van der Waals surface area contributed by atoms with Crippen LogP contribution in [0.4, 0.5) is 0 Å². The summed E-state index contributed by atoms with van der Waals surface area (Å²) in [6.07, 6.45) is -0.878. The van der Waals surface area contributed by atoms with Gasteiger partial charge in [0.15, 0.2) is 5.78 Å². The molecule has 18 heavy (non-hydrogen) atoms. The van der Waals surface area contributed by atoms with Gasteiger partial charge in [-0.2, -0.15) is 0 Å². The molecule has 1 aliphatic rings. The van der Waals surface area contributed by atoms with Crippen LogP contribution in [0.1, 0.15) is 49.5 Å². The van der Waals surface area contributed by atoms with Gasteiger partial charge in [0.1, 0.15) is 17.6 Å². The molecule has 1 aliphatic heterocycles. The summed E-state index contributed by atoms with van der Waals surface area (Å²) >= 11 is 0. The van der Waals surface area contributed by atoms with Crippen LogP contribution in [0.5, 0.6) is 11.5 Å². The van der Waals surface area contributed by atoms with Gasteiger partial charge in [0.25, 0.3) is 0 Å². The van der Waals surface area contributed by atoms with Crippen molar-refractivity contribution >= 4 is 5.78 Å². The molecule has 3 atom stereocenters. The quantitative estimate of drug-likeness (QED) is 0.803. The van der Waals surface area contributed by atoms with Crippen molar-refractivity contribution in [2.75, 3.05) is 0 Å². The van der Waals surface area contributed by atoms with Gasteiger partial charge in [-0.15, -0.1) is 0 Å². The lowest BCUT2D eigenvalue weighted by Crippen LogP contribution is -2.31. The molecule has 1 aromatic rings. The van der Waals surface area contributed by atoms with Crippen LogP contribution in [-0.2, 0) is 9.53 Å². The van der Waals surface area contributed by atoms with Crippen molar-refractivity contribution in [3.63, 3.8) is 0 Å². The SMILES string of the molecule is CC(=O)[C@H]1O[C@H](C)[C@@H](C)c2c(C)c(O)cc(O)c21. The first-order valence-corrected chi connectivity index (χ1v) is 6.05. The topological polar surface area (TPSA) is 66.8 Å². The summed E-state index contributed by atoms with van der Waals surface area (Å²) in [6, 6.07) is 1.27. The van der Waals surface area contributed by atoms with Crippen LogP contribution < -0.4 is 0 Å². The van der Waals surface area contributed by atoms with E-state index in [2.05, 4.69) is 0 Å². The van der Waals surface area contributed by atoms with E-state index >= 15 is 0 Å². The van der Waals surface area contributed by atoms with Crippen molar-refractivity contribution in [2.45, 2.75) is 45.8 Å². The Morgan fingerprint density at radius 2 is 1.83 bits per heavy atom. The Kier molecular flexibility index (Phi) is 3.07. The molecule has 0 saturated heterocycles. The number of aromatic hydroxyl groups is 2. The lowest BCUT2D eigenvalue weighted by Gasteiger charge is -2.35. The van der Waals surface area contributed by atoms with Crippen LogP contribution in [0.25, 0.3) is 0 Å². The molecule has 0 radical (unpaired) electrons. The Morgan fingerprint density at radius 1 is 1.22 bits per heavy atom. The number of Topliss-reactive ketones (excluding diaryl/α,β-unsaturated/α-hetero) is 1. The molecule has 0 unspecified atom stereocenters. The summed E-state index contributed by atoms with van der Waals surface area (Å²) in [5.74, 6) is -0.148. The van der Waals surface area contributed by atoms with Gasteiger partial charge in [-0.1, -0.05) is 6.92 Å². The summed E-state index contributed by atoms with van der Waals surface area (Å²) in [7, 11) is 0. The molecule has 0 amide bonds. The molecule has 98 valence electrons. The number of ketones is 1. The van der Waals surface area contributed by atoms with Crippen molar-refractivity contribution in [3.8, 4) is 11.5 Å². The van der Waals surface area contributed by atoms with Gasteiger partial charge in [-0.3, -0.25) is 4.79 Å². The second-order valence-corrected chi connectivity index (χ2v) is 4.99. The van der Waals surface area contributed by atoms with Crippen molar-refractivity contribution in [2.24, 2.45) is 0 Å². The Bertz CT molecular complexity index is 507. The number of phenolic OH excluding ortho intramolecular Hbond substituents is 2. The largest absolute Gasteiger partial charge is 0.508 e. The maximum atomic E-state index is 11.7. The highest BCUT2D eigenvalue weighted by molar-refractivity contribution is 5.84. The fraction of sp³-hybridized carbons (Fsp3) is 0.500. The third kappa shape index (κ3) is 1.77. The van der Waals surface area contributed by atoms with Crippen molar-refractivity contribution in [3.05, 3.63) is 22.8 Å². The lowest BCUT2D eigenvalue weighted by atomic mass is 9.82. The Hall–Kier alpha value is -1.55. The monoisotopic (exact) mass is 250 g/mol. The predicted molar refractivity (Wildman–Crippen MR) is 66.9 cm³/mol. The standard InChI is InChI=1S/C14H18O4/c1-6-9(4)18-14(8(3)15)13-11(17)5-10(16)7(2)12(6)13/h5-6,9,14,16-17H,1-4H3/t6-,9-,14-/m1/s1. The van der Waals surface area contributed by atoms with Gasteiger partial charge >= 0.3 is 0 Å². The van der Waals surface area contributed by atoms with Crippen LogP contribution in [0.3, 0.4) is 0 Å². The summed E-state index contributed by atoms with van der Waals surface area (Å²) in [6.45, 7) is 7.09. The fourth-order valence-corrected chi connectivity index (χ4v) is 2.59. The van der Waals surface area contributed by atoms with Gasteiger partial charge < -0.3 is 14.9 Å². The van der Waals surface area contributed by atoms with Crippen LogP contribution in [-0.4, -0.2) is 22.1 Å². The molecule has 2 N–H and O–H groups in total. The predicted octanol–water partition coefficient (Wildman–Crippen LogP) is 2.56. The van der Waals surface area contributed by atoms with Crippen molar-refractivity contribution in [1.82, 2.24) is 0 Å². The molecule has 1 heterocycles. The molecule has 0 bridgehead atoms. The number of carbonyl (C=O) groups excluding carboxylic acids is 1. The number of hydrogen-bond acceptors (Lipinski definition) is 4. The maximum absolute atomic E-state index is 11.7. The number of hydrogen-bond donors (Lipinski definition) is 2. The zero-order valence-corrected chi connectivity index (χ0v) is 11.0. The molecule has 0 aromatic heterocycles. The van der Waals surface area contributed by atoms with E-state index in [1.165, 1.54) is 13.0 Å². The second kappa shape index (κ2) is 4.28. The third-order valence-electron chi connectivity index (χ3n) is 3.77. The van der Waals surface area contributed by atoms with Crippen LogP contribution >= 0.6 is 0 Å². The van der Waals surface area contributed by atoms with E-state index in [-0.39, 0.29) is 29.3 Å². The third-order valence-corrected chi connectivity index (χ3v) is 3.77. The van der Waals surface area contributed by atoms with E-state index < -0.39 is 6.10 Å². The molecule has 2 rings (SSSR count). The molecule has 1 aromatic carbocycles. The van der Waals surface area contributed by atoms with Crippen LogP contribution in [0.15, 0.2) is 6.07 Å². The van der Waals surface area contributed by atoms with E-state index in [1.807, 2.05) is 13.8 Å². The van der Waals surface area contributed by atoms with E-state index in [0.29, 0.717) is 11.1 Å². The van der Waals surface area contributed by atoms with E-state index in [1.54, 1.807) is 6.92 Å². The minimum atomic E-state index is -0.745. The summed E-state index contributed by atoms with van der Waals surface area (Å²) in [5, 5.41) is 19.8. The minimum Gasteiger partial charge on any atom is -0.508 e. The average Bonchev–Trinajstić information content (AvgIpc) is 2.28. The molecule has 0 spiro atoms. The summed E-state index contributed by atoms with van der Waals surface area (Å²) in [5.41, 5.74) is 2.03.